The predicted octanol–water partition coefficient (Wildman–Crippen LogP) is 4.34. The fourth-order valence-electron chi connectivity index (χ4n) is 3.22. The lowest BCUT2D eigenvalue weighted by atomic mass is 10.0. The number of aliphatic imine (C=N–C) groups is 1. The third-order valence-electron chi connectivity index (χ3n) is 4.69. The molecule has 30 heavy (non-hydrogen) atoms. The predicted molar refractivity (Wildman–Crippen MR) is 120 cm³/mol. The summed E-state index contributed by atoms with van der Waals surface area (Å²) in [5.74, 6) is -0.169. The Morgan fingerprint density at radius 2 is 1.87 bits per heavy atom. The van der Waals surface area contributed by atoms with Crippen LogP contribution in [0.4, 0.5) is 0 Å². The number of esters is 1. The van der Waals surface area contributed by atoms with Crippen molar-refractivity contribution in [1.82, 2.24) is 4.98 Å². The summed E-state index contributed by atoms with van der Waals surface area (Å²) < 4.78 is 6.15. The van der Waals surface area contributed by atoms with E-state index >= 15 is 0 Å². The molecule has 0 fully saturated rings. The van der Waals surface area contributed by atoms with Gasteiger partial charge in [0.15, 0.2) is 6.04 Å². The molecule has 0 bridgehead atoms. The number of aryl methyl sites for hydroxylation is 2. The highest BCUT2D eigenvalue weighted by Crippen LogP contribution is 2.30. The number of aromatic nitrogens is 1. The number of aliphatic carboxylic acids is 1. The number of ether oxygens (including phenoxy) is 1. The van der Waals surface area contributed by atoms with Crippen LogP contribution in [-0.4, -0.2) is 38.9 Å². The largest absolute Gasteiger partial charge is 0.480 e. The number of carboxylic acids is 1. The maximum absolute atomic E-state index is 11.1. The SMILES string of the molecule is CC(=O)Oc1ccc(CCCc2ccc3nc(C4=N[C@@H](C(=O)O)CS4)sc3c2)cc1. The van der Waals surface area contributed by atoms with E-state index in [9.17, 15) is 9.59 Å². The minimum atomic E-state index is -0.887. The Morgan fingerprint density at radius 1 is 1.13 bits per heavy atom. The van der Waals surface area contributed by atoms with Gasteiger partial charge in [0.05, 0.1) is 10.2 Å². The number of fused-ring (bicyclic) bond motifs is 1. The summed E-state index contributed by atoms with van der Waals surface area (Å²) in [5.41, 5.74) is 3.37. The normalized spacial score (nSPS) is 15.9. The van der Waals surface area contributed by atoms with Gasteiger partial charge in [0.2, 0.25) is 0 Å². The molecule has 6 nitrogen and oxygen atoms in total. The average molecular weight is 441 g/mol. The molecule has 1 aliphatic rings. The van der Waals surface area contributed by atoms with E-state index in [2.05, 4.69) is 22.1 Å². The molecule has 0 saturated carbocycles. The number of carbonyl (C=O) groups excluding carboxylic acids is 1. The molecular weight excluding hydrogens is 420 g/mol. The summed E-state index contributed by atoms with van der Waals surface area (Å²) in [5, 5.41) is 10.6. The minimum absolute atomic E-state index is 0.315. The van der Waals surface area contributed by atoms with Gasteiger partial charge in [0.25, 0.3) is 0 Å². The number of carboxylic acid groups (broad SMARTS) is 1. The first-order chi connectivity index (χ1) is 14.5. The number of thioether (sulfide) groups is 1. The van der Waals surface area contributed by atoms with Crippen LogP contribution in [0.5, 0.6) is 5.75 Å². The minimum Gasteiger partial charge on any atom is -0.480 e. The van der Waals surface area contributed by atoms with E-state index in [0.29, 0.717) is 11.5 Å². The van der Waals surface area contributed by atoms with Crippen LogP contribution in [-0.2, 0) is 22.4 Å². The van der Waals surface area contributed by atoms with Crippen LogP contribution >= 0.6 is 23.1 Å². The van der Waals surface area contributed by atoms with Crippen molar-refractivity contribution in [3.63, 3.8) is 0 Å². The molecule has 1 N–H and O–H groups in total. The number of hydrogen-bond donors (Lipinski definition) is 1. The summed E-state index contributed by atoms with van der Waals surface area (Å²) in [4.78, 5) is 31.0. The summed E-state index contributed by atoms with van der Waals surface area (Å²) in [7, 11) is 0. The van der Waals surface area contributed by atoms with Gasteiger partial charge in [0, 0.05) is 12.7 Å². The van der Waals surface area contributed by atoms with E-state index in [4.69, 9.17) is 9.84 Å². The van der Waals surface area contributed by atoms with Crippen molar-refractivity contribution in [2.24, 2.45) is 4.99 Å². The Hall–Kier alpha value is -2.71. The van der Waals surface area contributed by atoms with Crippen molar-refractivity contribution in [2.75, 3.05) is 5.75 Å². The maximum Gasteiger partial charge on any atom is 0.329 e. The van der Waals surface area contributed by atoms with Crippen LogP contribution in [0.1, 0.15) is 29.5 Å². The molecule has 3 aromatic rings. The van der Waals surface area contributed by atoms with Crippen molar-refractivity contribution in [1.29, 1.82) is 0 Å². The molecule has 1 aromatic heterocycles. The van der Waals surface area contributed by atoms with Gasteiger partial charge in [-0.25, -0.2) is 9.78 Å². The number of rotatable bonds is 7. The van der Waals surface area contributed by atoms with Gasteiger partial charge in [-0.3, -0.25) is 9.79 Å². The van der Waals surface area contributed by atoms with Crippen LogP contribution in [0.3, 0.4) is 0 Å². The van der Waals surface area contributed by atoms with Crippen LogP contribution in [0.2, 0.25) is 0 Å². The van der Waals surface area contributed by atoms with Crippen molar-refractivity contribution in [3.8, 4) is 5.75 Å². The first-order valence-corrected chi connectivity index (χ1v) is 11.4. The molecule has 4 rings (SSSR count). The van der Waals surface area contributed by atoms with Gasteiger partial charge < -0.3 is 9.84 Å². The zero-order valence-electron chi connectivity index (χ0n) is 16.3. The highest BCUT2D eigenvalue weighted by molar-refractivity contribution is 8.15. The average Bonchev–Trinajstić information content (AvgIpc) is 3.35. The Bertz CT molecular complexity index is 1120. The molecule has 0 unspecified atom stereocenters. The van der Waals surface area contributed by atoms with Gasteiger partial charge in [0.1, 0.15) is 15.8 Å². The third kappa shape index (κ3) is 4.88. The molecular formula is C22H20N2O4S2. The number of benzene rings is 2. The van der Waals surface area contributed by atoms with Crippen LogP contribution in [0, 0.1) is 0 Å². The lowest BCUT2D eigenvalue weighted by Gasteiger charge is -2.05. The number of nitrogens with zero attached hydrogens (tertiary/aromatic N) is 2. The molecule has 0 spiro atoms. The molecule has 0 amide bonds. The molecule has 2 aromatic carbocycles. The monoisotopic (exact) mass is 440 g/mol. The van der Waals surface area contributed by atoms with Gasteiger partial charge >= 0.3 is 11.9 Å². The van der Waals surface area contributed by atoms with Crippen molar-refractivity contribution >= 4 is 50.3 Å². The van der Waals surface area contributed by atoms with Crippen molar-refractivity contribution in [2.45, 2.75) is 32.2 Å². The molecule has 0 aliphatic carbocycles. The van der Waals surface area contributed by atoms with E-state index in [1.165, 1.54) is 29.8 Å². The van der Waals surface area contributed by atoms with E-state index in [-0.39, 0.29) is 5.97 Å². The Labute approximate surface area is 182 Å². The lowest BCUT2D eigenvalue weighted by Crippen LogP contribution is -2.17. The number of hydrogen-bond acceptors (Lipinski definition) is 7. The fourth-order valence-corrected chi connectivity index (χ4v) is 5.35. The zero-order chi connectivity index (χ0) is 21.1. The van der Waals surface area contributed by atoms with E-state index < -0.39 is 12.0 Å². The first kappa shape index (κ1) is 20.6. The second kappa shape index (κ2) is 8.97. The second-order valence-electron chi connectivity index (χ2n) is 7.01. The lowest BCUT2D eigenvalue weighted by molar-refractivity contribution is -0.137. The molecule has 0 radical (unpaired) electrons. The van der Waals surface area contributed by atoms with Crippen molar-refractivity contribution in [3.05, 3.63) is 58.6 Å². The quantitative estimate of drug-likeness (QED) is 0.434. The highest BCUT2D eigenvalue weighted by atomic mass is 32.2. The molecule has 1 aliphatic heterocycles. The smallest absolute Gasteiger partial charge is 0.329 e. The summed E-state index contributed by atoms with van der Waals surface area (Å²) in [6.45, 7) is 1.39. The van der Waals surface area contributed by atoms with Crippen LogP contribution < -0.4 is 4.74 Å². The van der Waals surface area contributed by atoms with Crippen LogP contribution in [0.15, 0.2) is 47.5 Å². The van der Waals surface area contributed by atoms with E-state index in [0.717, 1.165) is 39.5 Å². The maximum atomic E-state index is 11.1. The highest BCUT2D eigenvalue weighted by Gasteiger charge is 2.26. The zero-order valence-corrected chi connectivity index (χ0v) is 18.0. The molecule has 0 saturated heterocycles. The summed E-state index contributed by atoms with van der Waals surface area (Å²) in [6, 6.07) is 13.2. The first-order valence-electron chi connectivity index (χ1n) is 9.58. The van der Waals surface area contributed by atoms with Crippen LogP contribution in [0.25, 0.3) is 10.2 Å². The second-order valence-corrected chi connectivity index (χ2v) is 9.05. The Kier molecular flexibility index (Phi) is 6.15. The van der Waals surface area contributed by atoms with Gasteiger partial charge in [-0.15, -0.1) is 23.1 Å². The topological polar surface area (TPSA) is 88.9 Å². The molecule has 1 atom stereocenters. The van der Waals surface area contributed by atoms with Gasteiger partial charge in [-0.05, 0) is 54.7 Å². The summed E-state index contributed by atoms with van der Waals surface area (Å²) in [6.07, 6.45) is 2.90. The van der Waals surface area contributed by atoms with Crippen molar-refractivity contribution < 1.29 is 19.4 Å². The van der Waals surface area contributed by atoms with E-state index in [1.807, 2.05) is 30.3 Å². The fraction of sp³-hybridized carbons (Fsp3) is 0.273. The number of thiazole rings is 1. The summed E-state index contributed by atoms with van der Waals surface area (Å²) >= 11 is 3.02. The molecule has 2 heterocycles. The number of carbonyl (C=O) groups is 2. The van der Waals surface area contributed by atoms with E-state index in [1.54, 1.807) is 11.3 Å². The third-order valence-corrected chi connectivity index (χ3v) is 6.90. The molecule has 154 valence electrons. The van der Waals surface area contributed by atoms with Gasteiger partial charge in [-0.1, -0.05) is 18.2 Å². The Balaban J connectivity index is 1.38. The molecule has 8 heteroatoms. The van der Waals surface area contributed by atoms with Gasteiger partial charge in [-0.2, -0.15) is 0 Å². The standard InChI is InChI=1S/C22H20N2O4S2/c1-13(25)28-16-8-5-14(6-9-16)3-2-4-15-7-10-17-19(11-15)30-21(23-17)20-24-18(12-29-20)22(26)27/h5-11,18H,2-4,12H2,1H3,(H,26,27)/t18-/m1/s1. The Morgan fingerprint density at radius 3 is 2.57 bits per heavy atom.